The summed E-state index contributed by atoms with van der Waals surface area (Å²) in [4.78, 5) is 28.0. The summed E-state index contributed by atoms with van der Waals surface area (Å²) in [6.07, 6.45) is 0.877. The second kappa shape index (κ2) is 10.8. The van der Waals surface area contributed by atoms with Crippen molar-refractivity contribution in [2.75, 3.05) is 6.54 Å². The van der Waals surface area contributed by atoms with Crippen LogP contribution in [0.25, 0.3) is 0 Å². The Morgan fingerprint density at radius 3 is 2.38 bits per heavy atom. The average Bonchev–Trinajstić information content (AvgIpc) is 2.68. The van der Waals surface area contributed by atoms with Gasteiger partial charge in [0, 0.05) is 13.1 Å². The van der Waals surface area contributed by atoms with E-state index >= 15 is 0 Å². The molecule has 0 aromatic heterocycles. The monoisotopic (exact) mass is 394 g/mol. The lowest BCUT2D eigenvalue weighted by molar-refractivity contribution is -0.141. The van der Waals surface area contributed by atoms with Gasteiger partial charge in [0.15, 0.2) is 0 Å². The number of amides is 2. The number of hydrogen-bond acceptors (Lipinski definition) is 2. The Labute approximate surface area is 175 Å². The van der Waals surface area contributed by atoms with E-state index in [9.17, 15) is 9.59 Å². The van der Waals surface area contributed by atoms with Gasteiger partial charge in [0.1, 0.15) is 6.04 Å². The van der Waals surface area contributed by atoms with E-state index in [1.807, 2.05) is 63.2 Å². The van der Waals surface area contributed by atoms with Gasteiger partial charge >= 0.3 is 0 Å². The Balaban J connectivity index is 2.29. The van der Waals surface area contributed by atoms with Crippen LogP contribution in [0.5, 0.6) is 0 Å². The molecule has 0 spiro atoms. The minimum absolute atomic E-state index is 0.0210. The first kappa shape index (κ1) is 22.7. The number of carbonyl (C=O) groups is 2. The number of carbonyl (C=O) groups excluding carboxylic acids is 2. The van der Waals surface area contributed by atoms with E-state index in [0.717, 1.165) is 22.3 Å². The molecule has 0 aliphatic rings. The third-order valence-electron chi connectivity index (χ3n) is 5.11. The summed E-state index contributed by atoms with van der Waals surface area (Å²) in [6, 6.07) is 15.6. The van der Waals surface area contributed by atoms with Crippen LogP contribution in [-0.4, -0.2) is 29.3 Å². The van der Waals surface area contributed by atoms with E-state index in [-0.39, 0.29) is 11.8 Å². The van der Waals surface area contributed by atoms with Crippen LogP contribution < -0.4 is 5.32 Å². The molecule has 1 N–H and O–H groups in total. The Bertz CT molecular complexity index is 829. The summed E-state index contributed by atoms with van der Waals surface area (Å²) in [7, 11) is 0. The van der Waals surface area contributed by atoms with E-state index in [0.29, 0.717) is 31.8 Å². The molecular formula is C25H34N2O2. The third kappa shape index (κ3) is 6.74. The highest BCUT2D eigenvalue weighted by atomic mass is 16.2. The van der Waals surface area contributed by atoms with E-state index in [2.05, 4.69) is 25.2 Å². The van der Waals surface area contributed by atoms with E-state index in [4.69, 9.17) is 0 Å². The van der Waals surface area contributed by atoms with Crippen LogP contribution in [0.2, 0.25) is 0 Å². The summed E-state index contributed by atoms with van der Waals surface area (Å²) >= 11 is 0. The first-order valence-electron chi connectivity index (χ1n) is 10.5. The summed E-state index contributed by atoms with van der Waals surface area (Å²) < 4.78 is 0. The van der Waals surface area contributed by atoms with Crippen LogP contribution in [0.3, 0.4) is 0 Å². The third-order valence-corrected chi connectivity index (χ3v) is 5.11. The van der Waals surface area contributed by atoms with Gasteiger partial charge in [-0.1, -0.05) is 74.9 Å². The van der Waals surface area contributed by atoms with Gasteiger partial charge in [0.2, 0.25) is 11.8 Å². The molecule has 0 saturated carbocycles. The number of nitrogens with zero attached hydrogens (tertiary/aromatic N) is 1. The molecule has 1 atom stereocenters. The maximum Gasteiger partial charge on any atom is 0.242 e. The molecule has 0 bridgehead atoms. The molecule has 1 unspecified atom stereocenters. The summed E-state index contributed by atoms with van der Waals surface area (Å²) in [5.41, 5.74) is 4.28. The Morgan fingerprint density at radius 1 is 1.03 bits per heavy atom. The van der Waals surface area contributed by atoms with Crippen LogP contribution in [0.1, 0.15) is 49.4 Å². The number of hydrogen-bond donors (Lipinski definition) is 1. The highest BCUT2D eigenvalue weighted by Crippen LogP contribution is 2.17. The highest BCUT2D eigenvalue weighted by molar-refractivity contribution is 5.88. The van der Waals surface area contributed by atoms with Crippen molar-refractivity contribution < 1.29 is 9.59 Å². The fourth-order valence-corrected chi connectivity index (χ4v) is 3.42. The van der Waals surface area contributed by atoms with Crippen molar-refractivity contribution in [3.05, 3.63) is 70.8 Å². The first-order valence-corrected chi connectivity index (χ1v) is 10.5. The number of nitrogens with one attached hydrogen (secondary N) is 1. The quantitative estimate of drug-likeness (QED) is 0.684. The molecule has 2 aromatic carbocycles. The van der Waals surface area contributed by atoms with Crippen molar-refractivity contribution in [1.82, 2.24) is 10.2 Å². The smallest absolute Gasteiger partial charge is 0.242 e. The van der Waals surface area contributed by atoms with Crippen molar-refractivity contribution >= 4 is 11.8 Å². The first-order chi connectivity index (χ1) is 13.8. The van der Waals surface area contributed by atoms with Crippen LogP contribution in [0, 0.1) is 19.8 Å². The van der Waals surface area contributed by atoms with Gasteiger partial charge in [-0.3, -0.25) is 9.59 Å². The van der Waals surface area contributed by atoms with Gasteiger partial charge in [-0.05, 0) is 42.9 Å². The maximum atomic E-state index is 13.3. The van der Waals surface area contributed by atoms with Crippen molar-refractivity contribution in [2.45, 2.75) is 60.0 Å². The fourth-order valence-electron chi connectivity index (χ4n) is 3.42. The number of rotatable bonds is 9. The molecule has 0 radical (unpaired) electrons. The average molecular weight is 395 g/mol. The van der Waals surface area contributed by atoms with Gasteiger partial charge in [-0.25, -0.2) is 0 Å². The molecule has 29 heavy (non-hydrogen) atoms. The van der Waals surface area contributed by atoms with Crippen LogP contribution >= 0.6 is 0 Å². The maximum absolute atomic E-state index is 13.3. The van der Waals surface area contributed by atoms with Gasteiger partial charge in [-0.15, -0.1) is 0 Å². The van der Waals surface area contributed by atoms with E-state index in [1.165, 1.54) is 0 Å². The topological polar surface area (TPSA) is 49.4 Å². The van der Waals surface area contributed by atoms with Crippen LogP contribution in [-0.2, 0) is 22.6 Å². The predicted octanol–water partition coefficient (Wildman–Crippen LogP) is 4.43. The fraction of sp³-hybridized carbons (Fsp3) is 0.440. The summed E-state index contributed by atoms with van der Waals surface area (Å²) in [5.74, 6) is 0.267. The van der Waals surface area contributed by atoms with Crippen molar-refractivity contribution in [2.24, 2.45) is 5.92 Å². The minimum Gasteiger partial charge on any atom is -0.354 e. The second-order valence-corrected chi connectivity index (χ2v) is 8.18. The second-order valence-electron chi connectivity index (χ2n) is 8.18. The molecule has 0 aliphatic heterocycles. The molecule has 156 valence electrons. The minimum atomic E-state index is -0.481. The molecule has 0 fully saturated rings. The van der Waals surface area contributed by atoms with Crippen LogP contribution in [0.15, 0.2) is 48.5 Å². The SMILES string of the molecule is CCC(C(=O)NCC(C)C)N(Cc1cccc(C)c1)C(=O)Cc1ccccc1C. The molecule has 4 nitrogen and oxygen atoms in total. The lowest BCUT2D eigenvalue weighted by Crippen LogP contribution is -2.50. The van der Waals surface area contributed by atoms with Crippen molar-refractivity contribution in [3.63, 3.8) is 0 Å². The molecular weight excluding hydrogens is 360 g/mol. The van der Waals surface area contributed by atoms with Crippen LogP contribution in [0.4, 0.5) is 0 Å². The standard InChI is InChI=1S/C25H34N2O2/c1-6-23(25(29)26-16-18(2)3)27(17-21-12-9-10-19(4)14-21)24(28)15-22-13-8-7-11-20(22)5/h7-14,18,23H,6,15-17H2,1-5H3,(H,26,29). The number of benzene rings is 2. The normalized spacial score (nSPS) is 11.9. The molecule has 0 saturated heterocycles. The Morgan fingerprint density at radius 2 is 1.76 bits per heavy atom. The molecule has 2 aromatic rings. The Hall–Kier alpha value is -2.62. The largest absolute Gasteiger partial charge is 0.354 e. The highest BCUT2D eigenvalue weighted by Gasteiger charge is 2.28. The Kier molecular flexibility index (Phi) is 8.44. The molecule has 4 heteroatoms. The zero-order valence-corrected chi connectivity index (χ0v) is 18.4. The van der Waals surface area contributed by atoms with Crippen molar-refractivity contribution in [3.8, 4) is 0 Å². The summed E-state index contributed by atoms with van der Waals surface area (Å²) in [6.45, 7) is 11.2. The lowest BCUT2D eigenvalue weighted by Gasteiger charge is -2.31. The summed E-state index contributed by atoms with van der Waals surface area (Å²) in [5, 5.41) is 3.01. The van der Waals surface area contributed by atoms with Gasteiger partial charge < -0.3 is 10.2 Å². The zero-order valence-electron chi connectivity index (χ0n) is 18.4. The molecule has 2 rings (SSSR count). The van der Waals surface area contributed by atoms with Gasteiger partial charge in [0.25, 0.3) is 0 Å². The molecule has 0 heterocycles. The van der Waals surface area contributed by atoms with E-state index in [1.54, 1.807) is 4.90 Å². The number of aryl methyl sites for hydroxylation is 2. The lowest BCUT2D eigenvalue weighted by atomic mass is 10.0. The zero-order chi connectivity index (χ0) is 21.4. The van der Waals surface area contributed by atoms with Gasteiger partial charge in [-0.2, -0.15) is 0 Å². The predicted molar refractivity (Wildman–Crippen MR) is 119 cm³/mol. The van der Waals surface area contributed by atoms with E-state index < -0.39 is 6.04 Å². The van der Waals surface area contributed by atoms with Crippen molar-refractivity contribution in [1.29, 1.82) is 0 Å². The molecule has 0 aliphatic carbocycles. The molecule has 2 amide bonds. The van der Waals surface area contributed by atoms with Gasteiger partial charge in [0.05, 0.1) is 6.42 Å².